The molecule has 1 aliphatic carbocycles. The molecular weight excluding hydrogens is 326 g/mol. The number of halogens is 1. The highest BCUT2D eigenvalue weighted by Crippen LogP contribution is 2.34. The van der Waals surface area contributed by atoms with Crippen LogP contribution in [0.3, 0.4) is 0 Å². The molecule has 1 aromatic heterocycles. The lowest BCUT2D eigenvalue weighted by Crippen LogP contribution is -2.08. The first-order valence-corrected chi connectivity index (χ1v) is 8.09. The van der Waals surface area contributed by atoms with Crippen LogP contribution in [0.5, 0.6) is 0 Å². The Kier molecular flexibility index (Phi) is 3.43. The summed E-state index contributed by atoms with van der Waals surface area (Å²) in [6.07, 6.45) is 1.20. The van der Waals surface area contributed by atoms with E-state index in [0.717, 1.165) is 22.0 Å². The number of aromatic nitrogens is 1. The number of aryl methyl sites for hydroxylation is 1. The van der Waals surface area contributed by atoms with Crippen molar-refractivity contribution < 1.29 is 14.7 Å². The molecule has 4 nitrogen and oxygen atoms in total. The summed E-state index contributed by atoms with van der Waals surface area (Å²) in [5.41, 5.74) is 3.59. The molecule has 0 unspecified atom stereocenters. The Morgan fingerprint density at radius 3 is 2.71 bits per heavy atom. The summed E-state index contributed by atoms with van der Waals surface area (Å²) >= 11 is 6.27. The third kappa shape index (κ3) is 2.22. The Bertz CT molecular complexity index is 1000. The molecule has 0 atom stereocenters. The van der Waals surface area contributed by atoms with Gasteiger partial charge in [-0.3, -0.25) is 4.79 Å². The van der Waals surface area contributed by atoms with E-state index in [9.17, 15) is 14.7 Å². The van der Waals surface area contributed by atoms with Gasteiger partial charge in [0.2, 0.25) is 0 Å². The number of aromatic carboxylic acids is 1. The molecule has 0 saturated heterocycles. The number of hydrogen-bond acceptors (Lipinski definition) is 2. The number of carbonyl (C=O) groups excluding carboxylic acids is 1. The van der Waals surface area contributed by atoms with Crippen LogP contribution in [0.1, 0.15) is 38.4 Å². The van der Waals surface area contributed by atoms with E-state index in [1.807, 2.05) is 28.8 Å². The van der Waals surface area contributed by atoms with Crippen molar-refractivity contribution in [3.63, 3.8) is 0 Å². The molecule has 0 bridgehead atoms. The summed E-state index contributed by atoms with van der Waals surface area (Å²) in [5, 5.41) is 10.9. The van der Waals surface area contributed by atoms with Crippen LogP contribution in [0.2, 0.25) is 5.02 Å². The number of carboxylic acid groups (broad SMARTS) is 1. The van der Waals surface area contributed by atoms with E-state index in [4.69, 9.17) is 11.6 Å². The van der Waals surface area contributed by atoms with Gasteiger partial charge in [0, 0.05) is 23.4 Å². The molecule has 1 aliphatic rings. The predicted octanol–water partition coefficient (Wildman–Crippen LogP) is 4.17. The van der Waals surface area contributed by atoms with Crippen molar-refractivity contribution >= 4 is 34.3 Å². The summed E-state index contributed by atoms with van der Waals surface area (Å²) in [6, 6.07) is 12.5. The standard InChI is InChI=1S/C19H14ClNO3/c20-15-4-2-1-3-12(15)10-21-16-9-11(19(23)24)5-6-13(16)14-7-8-17(22)18(14)21/h1-6,9H,7-8,10H2,(H,23,24). The number of rotatable bonds is 3. The van der Waals surface area contributed by atoms with Gasteiger partial charge in [-0.05, 0) is 35.7 Å². The SMILES string of the molecule is O=C(O)c1ccc2c3c(n(Cc4ccccc4Cl)c2c1)C(=O)CC3. The highest BCUT2D eigenvalue weighted by atomic mass is 35.5. The van der Waals surface area contributed by atoms with E-state index in [2.05, 4.69) is 0 Å². The molecule has 0 radical (unpaired) electrons. The van der Waals surface area contributed by atoms with Crippen molar-refractivity contribution in [3.05, 3.63) is 69.9 Å². The average Bonchev–Trinajstić information content (AvgIpc) is 3.08. The molecule has 0 saturated carbocycles. The maximum absolute atomic E-state index is 12.4. The maximum Gasteiger partial charge on any atom is 0.335 e. The number of Topliss-reactive ketones (excluding diaryl/α,β-unsaturated/α-hetero) is 1. The highest BCUT2D eigenvalue weighted by Gasteiger charge is 2.28. The van der Waals surface area contributed by atoms with E-state index < -0.39 is 5.97 Å². The van der Waals surface area contributed by atoms with Crippen molar-refractivity contribution in [1.82, 2.24) is 4.57 Å². The molecule has 1 N–H and O–H groups in total. The Labute approximate surface area is 143 Å². The number of ketones is 1. The van der Waals surface area contributed by atoms with Gasteiger partial charge in [-0.1, -0.05) is 35.9 Å². The van der Waals surface area contributed by atoms with Gasteiger partial charge in [0.05, 0.1) is 16.8 Å². The van der Waals surface area contributed by atoms with E-state index >= 15 is 0 Å². The summed E-state index contributed by atoms with van der Waals surface area (Å²) in [6.45, 7) is 0.445. The van der Waals surface area contributed by atoms with E-state index in [1.165, 1.54) is 0 Å². The third-order valence-electron chi connectivity index (χ3n) is 4.57. The predicted molar refractivity (Wildman–Crippen MR) is 92.1 cm³/mol. The molecule has 120 valence electrons. The van der Waals surface area contributed by atoms with E-state index in [0.29, 0.717) is 30.1 Å². The number of nitrogens with zero attached hydrogens (tertiary/aromatic N) is 1. The topological polar surface area (TPSA) is 59.3 Å². The van der Waals surface area contributed by atoms with Gasteiger partial charge in [-0.2, -0.15) is 0 Å². The molecule has 3 aromatic rings. The van der Waals surface area contributed by atoms with Gasteiger partial charge in [-0.25, -0.2) is 4.79 Å². The van der Waals surface area contributed by atoms with Gasteiger partial charge >= 0.3 is 5.97 Å². The van der Waals surface area contributed by atoms with E-state index in [1.54, 1.807) is 18.2 Å². The molecule has 5 heteroatoms. The van der Waals surface area contributed by atoms with Crippen LogP contribution >= 0.6 is 11.6 Å². The fourth-order valence-electron chi connectivity index (χ4n) is 3.44. The first-order valence-electron chi connectivity index (χ1n) is 7.71. The van der Waals surface area contributed by atoms with Crippen LogP contribution in [-0.4, -0.2) is 21.4 Å². The molecule has 1 heterocycles. The van der Waals surface area contributed by atoms with Gasteiger partial charge in [-0.15, -0.1) is 0 Å². The van der Waals surface area contributed by atoms with Crippen molar-refractivity contribution in [1.29, 1.82) is 0 Å². The number of hydrogen-bond donors (Lipinski definition) is 1. The van der Waals surface area contributed by atoms with Gasteiger partial charge in [0.25, 0.3) is 0 Å². The average molecular weight is 340 g/mol. The molecule has 4 rings (SSSR count). The second-order valence-corrected chi connectivity index (χ2v) is 6.37. The maximum atomic E-state index is 12.4. The highest BCUT2D eigenvalue weighted by molar-refractivity contribution is 6.31. The second kappa shape index (κ2) is 5.49. The lowest BCUT2D eigenvalue weighted by atomic mass is 10.1. The minimum absolute atomic E-state index is 0.102. The van der Waals surface area contributed by atoms with Crippen molar-refractivity contribution in [3.8, 4) is 0 Å². The normalized spacial score (nSPS) is 13.5. The zero-order valence-corrected chi connectivity index (χ0v) is 13.5. The molecule has 24 heavy (non-hydrogen) atoms. The largest absolute Gasteiger partial charge is 0.478 e. The van der Waals surface area contributed by atoms with Crippen LogP contribution < -0.4 is 0 Å². The summed E-state index contributed by atoms with van der Waals surface area (Å²) < 4.78 is 1.91. The van der Waals surface area contributed by atoms with Gasteiger partial charge in [0.1, 0.15) is 0 Å². The Hall–Kier alpha value is -2.59. The molecule has 0 aliphatic heterocycles. The van der Waals surface area contributed by atoms with Crippen molar-refractivity contribution in [2.45, 2.75) is 19.4 Å². The Morgan fingerprint density at radius 2 is 1.96 bits per heavy atom. The van der Waals surface area contributed by atoms with Crippen molar-refractivity contribution in [2.24, 2.45) is 0 Å². The first kappa shape index (κ1) is 15.0. The Balaban J connectivity index is 1.97. The van der Waals surface area contributed by atoms with E-state index in [-0.39, 0.29) is 11.3 Å². The summed E-state index contributed by atoms with van der Waals surface area (Å²) in [5.74, 6) is -0.876. The zero-order valence-electron chi connectivity index (χ0n) is 12.8. The summed E-state index contributed by atoms with van der Waals surface area (Å²) in [7, 11) is 0. The number of benzene rings is 2. The van der Waals surface area contributed by atoms with Crippen LogP contribution in [0, 0.1) is 0 Å². The van der Waals surface area contributed by atoms with Gasteiger partial charge in [0.15, 0.2) is 5.78 Å². The van der Waals surface area contributed by atoms with Crippen LogP contribution in [0.4, 0.5) is 0 Å². The fourth-order valence-corrected chi connectivity index (χ4v) is 3.64. The number of carboxylic acids is 1. The third-order valence-corrected chi connectivity index (χ3v) is 4.94. The minimum atomic E-state index is -0.978. The van der Waals surface area contributed by atoms with Gasteiger partial charge < -0.3 is 9.67 Å². The first-order chi connectivity index (χ1) is 11.6. The fraction of sp³-hybridized carbons (Fsp3) is 0.158. The quantitative estimate of drug-likeness (QED) is 0.779. The lowest BCUT2D eigenvalue weighted by molar-refractivity contribution is 0.0697. The molecule has 0 fully saturated rings. The van der Waals surface area contributed by atoms with Crippen molar-refractivity contribution in [2.75, 3.05) is 0 Å². The second-order valence-electron chi connectivity index (χ2n) is 5.96. The minimum Gasteiger partial charge on any atom is -0.478 e. The number of fused-ring (bicyclic) bond motifs is 3. The smallest absolute Gasteiger partial charge is 0.335 e. The number of carbonyl (C=O) groups is 2. The monoisotopic (exact) mass is 339 g/mol. The molecule has 0 spiro atoms. The molecule has 0 amide bonds. The molecular formula is C19H14ClNO3. The summed E-state index contributed by atoms with van der Waals surface area (Å²) in [4.78, 5) is 23.7. The van der Waals surface area contributed by atoms with Crippen LogP contribution in [0.15, 0.2) is 42.5 Å². The van der Waals surface area contributed by atoms with Crippen LogP contribution in [0.25, 0.3) is 10.9 Å². The zero-order chi connectivity index (χ0) is 16.8. The van der Waals surface area contributed by atoms with Crippen LogP contribution in [-0.2, 0) is 13.0 Å². The lowest BCUT2D eigenvalue weighted by Gasteiger charge is -2.11. The Morgan fingerprint density at radius 1 is 1.17 bits per heavy atom. The molecule has 2 aromatic carbocycles.